The average molecular weight is 234 g/mol. The molecule has 1 aromatic rings. The zero-order valence-corrected chi connectivity index (χ0v) is 10.3. The predicted molar refractivity (Wildman–Crippen MR) is 66.0 cm³/mol. The van der Waals surface area contributed by atoms with E-state index in [1.807, 2.05) is 0 Å². The number of methoxy groups -OCH3 is 1. The van der Waals surface area contributed by atoms with Gasteiger partial charge in [0.1, 0.15) is 11.4 Å². The van der Waals surface area contributed by atoms with Gasteiger partial charge in [-0.3, -0.25) is 0 Å². The van der Waals surface area contributed by atoms with Crippen molar-refractivity contribution in [1.29, 1.82) is 0 Å². The fraction of sp³-hybridized carbons (Fsp3) is 0.538. The molecule has 92 valence electrons. The van der Waals surface area contributed by atoms with E-state index in [0.29, 0.717) is 17.4 Å². The van der Waals surface area contributed by atoms with E-state index in [4.69, 9.17) is 4.74 Å². The van der Waals surface area contributed by atoms with Gasteiger partial charge in [-0.05, 0) is 31.4 Å². The second-order valence-corrected chi connectivity index (χ2v) is 4.62. The molecule has 0 amide bonds. The first-order valence-corrected chi connectivity index (χ1v) is 6.00. The van der Waals surface area contributed by atoms with Gasteiger partial charge >= 0.3 is 5.97 Å². The number of anilines is 1. The van der Waals surface area contributed by atoms with Crippen molar-refractivity contribution in [2.45, 2.75) is 32.2 Å². The molecule has 1 aliphatic rings. The van der Waals surface area contributed by atoms with Crippen LogP contribution in [0.3, 0.4) is 0 Å². The highest BCUT2D eigenvalue weighted by molar-refractivity contribution is 5.94. The molecule has 1 N–H and O–H groups in total. The lowest BCUT2D eigenvalue weighted by Crippen LogP contribution is -2.19. The van der Waals surface area contributed by atoms with Crippen molar-refractivity contribution in [3.8, 4) is 0 Å². The predicted octanol–water partition coefficient (Wildman–Crippen LogP) is 2.47. The lowest BCUT2D eigenvalue weighted by Gasteiger charge is -2.15. The Labute approximate surface area is 101 Å². The SMILES string of the molecule is COC(=O)c1cccnc1NC(C)CC1CC1. The smallest absolute Gasteiger partial charge is 0.341 e. The Kier molecular flexibility index (Phi) is 3.61. The topological polar surface area (TPSA) is 51.2 Å². The van der Waals surface area contributed by atoms with Crippen LogP contribution in [0.15, 0.2) is 18.3 Å². The molecule has 0 aliphatic heterocycles. The van der Waals surface area contributed by atoms with Crippen LogP contribution in [0.1, 0.15) is 36.5 Å². The molecule has 1 heterocycles. The van der Waals surface area contributed by atoms with Crippen LogP contribution >= 0.6 is 0 Å². The largest absolute Gasteiger partial charge is 0.465 e. The normalized spacial score (nSPS) is 16.4. The Balaban J connectivity index is 2.05. The van der Waals surface area contributed by atoms with E-state index >= 15 is 0 Å². The quantitative estimate of drug-likeness (QED) is 0.795. The van der Waals surface area contributed by atoms with Crippen LogP contribution < -0.4 is 5.32 Å². The molecule has 4 heteroatoms. The number of carbonyl (C=O) groups excluding carboxylic acids is 1. The number of esters is 1. The Hall–Kier alpha value is -1.58. The van der Waals surface area contributed by atoms with Crippen molar-refractivity contribution in [1.82, 2.24) is 4.98 Å². The third kappa shape index (κ3) is 3.19. The summed E-state index contributed by atoms with van der Waals surface area (Å²) in [5, 5.41) is 3.29. The summed E-state index contributed by atoms with van der Waals surface area (Å²) in [4.78, 5) is 15.8. The maximum absolute atomic E-state index is 11.5. The number of pyridine rings is 1. The van der Waals surface area contributed by atoms with E-state index < -0.39 is 0 Å². The maximum Gasteiger partial charge on any atom is 0.341 e. The number of carbonyl (C=O) groups is 1. The van der Waals surface area contributed by atoms with Gasteiger partial charge in [0.25, 0.3) is 0 Å². The van der Waals surface area contributed by atoms with E-state index in [0.717, 1.165) is 12.3 Å². The van der Waals surface area contributed by atoms with Gasteiger partial charge in [-0.2, -0.15) is 0 Å². The number of ether oxygens (including phenoxy) is 1. The molecular formula is C13H18N2O2. The molecule has 1 fully saturated rings. The summed E-state index contributed by atoms with van der Waals surface area (Å²) in [6.07, 6.45) is 5.48. The number of nitrogens with zero attached hydrogens (tertiary/aromatic N) is 1. The van der Waals surface area contributed by atoms with Gasteiger partial charge < -0.3 is 10.1 Å². The standard InChI is InChI=1S/C13H18N2O2/c1-9(8-10-5-6-10)15-12-11(13(16)17-2)4-3-7-14-12/h3-4,7,9-10H,5-6,8H2,1-2H3,(H,14,15). The fourth-order valence-corrected chi connectivity index (χ4v) is 1.94. The maximum atomic E-state index is 11.5. The molecule has 0 bridgehead atoms. The molecule has 1 saturated carbocycles. The number of nitrogens with one attached hydrogen (secondary N) is 1. The number of aromatic nitrogens is 1. The molecule has 1 aliphatic carbocycles. The number of hydrogen-bond acceptors (Lipinski definition) is 4. The first-order chi connectivity index (χ1) is 8.20. The molecule has 2 rings (SSSR count). The van der Waals surface area contributed by atoms with Crippen molar-refractivity contribution in [2.24, 2.45) is 5.92 Å². The molecule has 0 saturated heterocycles. The monoisotopic (exact) mass is 234 g/mol. The van der Waals surface area contributed by atoms with Gasteiger partial charge in [-0.15, -0.1) is 0 Å². The minimum absolute atomic E-state index is 0.334. The molecule has 4 nitrogen and oxygen atoms in total. The first kappa shape index (κ1) is 11.9. The van der Waals surface area contributed by atoms with Crippen molar-refractivity contribution < 1.29 is 9.53 Å². The van der Waals surface area contributed by atoms with Crippen molar-refractivity contribution >= 4 is 11.8 Å². The fourth-order valence-electron chi connectivity index (χ4n) is 1.94. The Morgan fingerprint density at radius 2 is 2.41 bits per heavy atom. The van der Waals surface area contributed by atoms with Gasteiger partial charge in [0.05, 0.1) is 7.11 Å². The van der Waals surface area contributed by atoms with Gasteiger partial charge in [-0.25, -0.2) is 9.78 Å². The summed E-state index contributed by atoms with van der Waals surface area (Å²) in [7, 11) is 1.38. The molecule has 1 atom stereocenters. The van der Waals surface area contributed by atoms with E-state index in [-0.39, 0.29) is 5.97 Å². The van der Waals surface area contributed by atoms with E-state index in [1.54, 1.807) is 18.3 Å². The summed E-state index contributed by atoms with van der Waals surface area (Å²) in [5.74, 6) is 1.12. The zero-order valence-electron chi connectivity index (χ0n) is 10.3. The molecule has 0 radical (unpaired) electrons. The Morgan fingerprint density at radius 1 is 1.65 bits per heavy atom. The molecule has 0 aromatic carbocycles. The average Bonchev–Trinajstić information content (AvgIpc) is 3.12. The number of rotatable bonds is 5. The summed E-state index contributed by atoms with van der Waals surface area (Å²) in [5.41, 5.74) is 0.498. The third-order valence-electron chi connectivity index (χ3n) is 2.98. The van der Waals surface area contributed by atoms with Crippen molar-refractivity contribution in [3.63, 3.8) is 0 Å². The highest BCUT2D eigenvalue weighted by Gasteiger charge is 2.24. The minimum Gasteiger partial charge on any atom is -0.465 e. The zero-order chi connectivity index (χ0) is 12.3. The van der Waals surface area contributed by atoms with Crippen LogP contribution in [0.5, 0.6) is 0 Å². The van der Waals surface area contributed by atoms with E-state index in [1.165, 1.54) is 20.0 Å². The molecule has 0 spiro atoms. The van der Waals surface area contributed by atoms with Gasteiger partial charge in [0.2, 0.25) is 0 Å². The second-order valence-electron chi connectivity index (χ2n) is 4.62. The van der Waals surface area contributed by atoms with E-state index in [9.17, 15) is 4.79 Å². The van der Waals surface area contributed by atoms with Crippen LogP contribution in [-0.4, -0.2) is 24.1 Å². The molecular weight excluding hydrogens is 216 g/mol. The Bertz CT molecular complexity index is 402. The summed E-state index contributed by atoms with van der Waals surface area (Å²) < 4.78 is 4.73. The second kappa shape index (κ2) is 5.17. The number of hydrogen-bond donors (Lipinski definition) is 1. The van der Waals surface area contributed by atoms with Crippen molar-refractivity contribution in [2.75, 3.05) is 12.4 Å². The summed E-state index contributed by atoms with van der Waals surface area (Å²) in [6, 6.07) is 3.80. The summed E-state index contributed by atoms with van der Waals surface area (Å²) >= 11 is 0. The first-order valence-electron chi connectivity index (χ1n) is 6.00. The minimum atomic E-state index is -0.348. The third-order valence-corrected chi connectivity index (χ3v) is 2.98. The lowest BCUT2D eigenvalue weighted by atomic mass is 10.1. The van der Waals surface area contributed by atoms with E-state index in [2.05, 4.69) is 17.2 Å². The molecule has 1 unspecified atom stereocenters. The van der Waals surface area contributed by atoms with Crippen LogP contribution in [-0.2, 0) is 4.74 Å². The van der Waals surface area contributed by atoms with Crippen LogP contribution in [0.4, 0.5) is 5.82 Å². The van der Waals surface area contributed by atoms with Gasteiger partial charge in [-0.1, -0.05) is 12.8 Å². The Morgan fingerprint density at radius 3 is 3.06 bits per heavy atom. The summed E-state index contributed by atoms with van der Waals surface area (Å²) in [6.45, 7) is 2.12. The van der Waals surface area contributed by atoms with Crippen molar-refractivity contribution in [3.05, 3.63) is 23.9 Å². The molecule has 17 heavy (non-hydrogen) atoms. The lowest BCUT2D eigenvalue weighted by molar-refractivity contribution is 0.0601. The van der Waals surface area contributed by atoms with Crippen LogP contribution in [0.2, 0.25) is 0 Å². The van der Waals surface area contributed by atoms with Crippen LogP contribution in [0, 0.1) is 5.92 Å². The molecule has 1 aromatic heterocycles. The van der Waals surface area contributed by atoms with Gasteiger partial charge in [0, 0.05) is 12.2 Å². The van der Waals surface area contributed by atoms with Crippen LogP contribution in [0.25, 0.3) is 0 Å². The van der Waals surface area contributed by atoms with Gasteiger partial charge in [0.15, 0.2) is 0 Å². The highest BCUT2D eigenvalue weighted by atomic mass is 16.5. The highest BCUT2D eigenvalue weighted by Crippen LogP contribution is 2.34.